The molecule has 2 heterocycles. The number of hydrogen-bond donors (Lipinski definition) is 2. The third-order valence-electron chi connectivity index (χ3n) is 3.13. The Balaban J connectivity index is 2.09. The van der Waals surface area contributed by atoms with Crippen LogP contribution in [0.5, 0.6) is 5.88 Å². The third kappa shape index (κ3) is 2.33. The van der Waals surface area contributed by atoms with Crippen molar-refractivity contribution < 1.29 is 9.53 Å². The zero-order valence-corrected chi connectivity index (χ0v) is 11.5. The average molecular weight is 285 g/mol. The second kappa shape index (κ2) is 5.28. The van der Waals surface area contributed by atoms with Crippen molar-refractivity contribution in [2.45, 2.75) is 6.92 Å². The Hall–Kier alpha value is -2.83. The summed E-state index contributed by atoms with van der Waals surface area (Å²) in [5, 5.41) is 2.82. The number of ether oxygens (including phenoxy) is 1. The van der Waals surface area contributed by atoms with E-state index in [1.165, 1.54) is 6.33 Å². The first-order chi connectivity index (χ1) is 10.2. The standard InChI is InChI=1S/C14H15N5O2/c1-2-21-14-12(15)13(16-8-17-14)19-7-11(20)18-9-5-3-4-6-10(9)19/h3-6,8H,2,7,15H2,1H3,(H,18,20). The molecule has 0 spiro atoms. The smallest absolute Gasteiger partial charge is 0.244 e. The Morgan fingerprint density at radius 3 is 3.00 bits per heavy atom. The quantitative estimate of drug-likeness (QED) is 0.888. The molecule has 1 aromatic heterocycles. The van der Waals surface area contributed by atoms with Gasteiger partial charge in [0.1, 0.15) is 18.6 Å². The molecule has 2 aromatic rings. The lowest BCUT2D eigenvalue weighted by molar-refractivity contribution is -0.115. The summed E-state index contributed by atoms with van der Waals surface area (Å²) < 4.78 is 5.38. The molecule has 0 unspecified atom stereocenters. The van der Waals surface area contributed by atoms with Crippen molar-refractivity contribution in [3.63, 3.8) is 0 Å². The van der Waals surface area contributed by atoms with Gasteiger partial charge in [0.15, 0.2) is 5.82 Å². The second-order valence-corrected chi connectivity index (χ2v) is 4.50. The van der Waals surface area contributed by atoms with Crippen molar-refractivity contribution in [2.75, 3.05) is 29.1 Å². The van der Waals surface area contributed by atoms with Crippen LogP contribution >= 0.6 is 0 Å². The fourth-order valence-electron chi connectivity index (χ4n) is 2.26. The molecule has 0 saturated carbocycles. The number of benzene rings is 1. The molecule has 3 N–H and O–H groups in total. The monoisotopic (exact) mass is 285 g/mol. The van der Waals surface area contributed by atoms with Crippen molar-refractivity contribution in [3.05, 3.63) is 30.6 Å². The largest absolute Gasteiger partial charge is 0.476 e. The molecule has 1 aliphatic rings. The predicted molar refractivity (Wildman–Crippen MR) is 79.7 cm³/mol. The highest BCUT2D eigenvalue weighted by molar-refractivity contribution is 6.03. The Labute approximate surface area is 121 Å². The van der Waals surface area contributed by atoms with Gasteiger partial charge in [0, 0.05) is 0 Å². The summed E-state index contributed by atoms with van der Waals surface area (Å²) in [6.45, 7) is 2.45. The van der Waals surface area contributed by atoms with Gasteiger partial charge < -0.3 is 20.7 Å². The molecule has 0 radical (unpaired) electrons. The molecule has 0 saturated heterocycles. The number of aromatic nitrogens is 2. The van der Waals surface area contributed by atoms with Gasteiger partial charge in [0.2, 0.25) is 11.8 Å². The van der Waals surface area contributed by atoms with E-state index in [9.17, 15) is 4.79 Å². The minimum absolute atomic E-state index is 0.121. The van der Waals surface area contributed by atoms with Crippen molar-refractivity contribution in [3.8, 4) is 5.88 Å². The Morgan fingerprint density at radius 1 is 1.38 bits per heavy atom. The molecule has 0 bridgehead atoms. The number of nitrogens with one attached hydrogen (secondary N) is 1. The number of para-hydroxylation sites is 2. The molecule has 7 nitrogen and oxygen atoms in total. The zero-order chi connectivity index (χ0) is 14.8. The lowest BCUT2D eigenvalue weighted by Gasteiger charge is -2.30. The van der Waals surface area contributed by atoms with Crippen molar-refractivity contribution in [1.82, 2.24) is 9.97 Å². The highest BCUT2D eigenvalue weighted by Crippen LogP contribution is 2.38. The van der Waals surface area contributed by atoms with Gasteiger partial charge in [-0.25, -0.2) is 4.98 Å². The summed E-state index contributed by atoms with van der Waals surface area (Å²) in [5.74, 6) is 0.673. The molecule has 0 fully saturated rings. The van der Waals surface area contributed by atoms with Gasteiger partial charge in [0.05, 0.1) is 18.0 Å². The summed E-state index contributed by atoms with van der Waals surface area (Å²) in [4.78, 5) is 21.8. The third-order valence-corrected chi connectivity index (χ3v) is 3.13. The number of amides is 1. The van der Waals surface area contributed by atoms with E-state index in [4.69, 9.17) is 10.5 Å². The van der Waals surface area contributed by atoms with Crippen LogP contribution in [-0.2, 0) is 4.79 Å². The normalized spacial score (nSPS) is 13.6. The first kappa shape index (κ1) is 13.2. The second-order valence-electron chi connectivity index (χ2n) is 4.50. The van der Waals surface area contributed by atoms with E-state index in [-0.39, 0.29) is 12.5 Å². The molecule has 7 heteroatoms. The summed E-state index contributed by atoms with van der Waals surface area (Å²) in [5.41, 5.74) is 7.97. The van der Waals surface area contributed by atoms with Crippen LogP contribution in [0.4, 0.5) is 22.9 Å². The lowest BCUT2D eigenvalue weighted by Crippen LogP contribution is -2.35. The number of nitrogens with zero attached hydrogens (tertiary/aromatic N) is 3. The van der Waals surface area contributed by atoms with Crippen LogP contribution < -0.4 is 20.7 Å². The molecule has 21 heavy (non-hydrogen) atoms. The maximum absolute atomic E-state index is 11.9. The van der Waals surface area contributed by atoms with Crippen LogP contribution in [0.2, 0.25) is 0 Å². The number of nitrogen functional groups attached to an aromatic ring is 1. The number of hydrogen-bond acceptors (Lipinski definition) is 6. The first-order valence-electron chi connectivity index (χ1n) is 6.60. The topological polar surface area (TPSA) is 93.4 Å². The summed E-state index contributed by atoms with van der Waals surface area (Å²) >= 11 is 0. The minimum Gasteiger partial charge on any atom is -0.476 e. The van der Waals surface area contributed by atoms with Gasteiger partial charge in [-0.3, -0.25) is 4.79 Å². The number of rotatable bonds is 3. The first-order valence-corrected chi connectivity index (χ1v) is 6.60. The number of carbonyl (C=O) groups is 1. The SMILES string of the molecule is CCOc1ncnc(N2CC(=O)Nc3ccccc32)c1N. The maximum Gasteiger partial charge on any atom is 0.244 e. The molecular weight excluding hydrogens is 270 g/mol. The summed E-state index contributed by atoms with van der Waals surface area (Å²) in [7, 11) is 0. The Kier molecular flexibility index (Phi) is 3.31. The fourth-order valence-corrected chi connectivity index (χ4v) is 2.26. The van der Waals surface area contributed by atoms with E-state index in [1.807, 2.05) is 31.2 Å². The molecule has 3 rings (SSSR count). The van der Waals surface area contributed by atoms with Crippen LogP contribution in [0.3, 0.4) is 0 Å². The van der Waals surface area contributed by atoms with Gasteiger partial charge in [-0.1, -0.05) is 12.1 Å². The molecular formula is C14H15N5O2. The van der Waals surface area contributed by atoms with Gasteiger partial charge >= 0.3 is 0 Å². The van der Waals surface area contributed by atoms with Crippen molar-refractivity contribution in [2.24, 2.45) is 0 Å². The Morgan fingerprint density at radius 2 is 2.19 bits per heavy atom. The fraction of sp³-hybridized carbons (Fsp3) is 0.214. The van der Waals surface area contributed by atoms with Gasteiger partial charge in [0.25, 0.3) is 0 Å². The zero-order valence-electron chi connectivity index (χ0n) is 11.5. The van der Waals surface area contributed by atoms with Gasteiger partial charge in [-0.05, 0) is 19.1 Å². The van der Waals surface area contributed by atoms with Crippen LogP contribution in [-0.4, -0.2) is 29.0 Å². The molecule has 0 aliphatic carbocycles. The van der Waals surface area contributed by atoms with E-state index in [0.29, 0.717) is 24.0 Å². The maximum atomic E-state index is 11.9. The number of anilines is 4. The molecule has 0 atom stereocenters. The van der Waals surface area contributed by atoms with E-state index < -0.39 is 0 Å². The number of fused-ring (bicyclic) bond motifs is 1. The minimum atomic E-state index is -0.121. The average Bonchev–Trinajstić information content (AvgIpc) is 2.49. The van der Waals surface area contributed by atoms with Crippen LogP contribution in [0.25, 0.3) is 0 Å². The molecule has 1 aromatic carbocycles. The summed E-state index contributed by atoms with van der Waals surface area (Å²) in [6.07, 6.45) is 1.38. The van der Waals surface area contributed by atoms with E-state index in [2.05, 4.69) is 15.3 Å². The van der Waals surface area contributed by atoms with Gasteiger partial charge in [-0.2, -0.15) is 4.98 Å². The van der Waals surface area contributed by atoms with Crippen molar-refractivity contribution >= 4 is 28.8 Å². The van der Waals surface area contributed by atoms with E-state index >= 15 is 0 Å². The number of carbonyl (C=O) groups excluding carboxylic acids is 1. The molecule has 1 amide bonds. The lowest BCUT2D eigenvalue weighted by atomic mass is 10.2. The molecule has 108 valence electrons. The van der Waals surface area contributed by atoms with Crippen molar-refractivity contribution in [1.29, 1.82) is 0 Å². The van der Waals surface area contributed by atoms with E-state index in [1.54, 1.807) is 4.90 Å². The van der Waals surface area contributed by atoms with Crippen LogP contribution in [0.1, 0.15) is 6.92 Å². The van der Waals surface area contributed by atoms with Crippen LogP contribution in [0.15, 0.2) is 30.6 Å². The Bertz CT molecular complexity index is 689. The number of nitrogens with two attached hydrogens (primary N) is 1. The highest BCUT2D eigenvalue weighted by atomic mass is 16.5. The highest BCUT2D eigenvalue weighted by Gasteiger charge is 2.26. The van der Waals surface area contributed by atoms with Gasteiger partial charge in [-0.15, -0.1) is 0 Å². The van der Waals surface area contributed by atoms with Crippen LogP contribution in [0, 0.1) is 0 Å². The van der Waals surface area contributed by atoms with E-state index in [0.717, 1.165) is 11.4 Å². The predicted octanol–water partition coefficient (Wildman–Crippen LogP) is 1.55. The molecule has 1 aliphatic heterocycles. The summed E-state index contributed by atoms with van der Waals surface area (Å²) in [6, 6.07) is 7.48.